The number of alkyl halides is 4. The maximum Gasteiger partial charge on any atom is 0.416 e. The van der Waals surface area contributed by atoms with Crippen LogP contribution < -0.4 is 4.90 Å². The van der Waals surface area contributed by atoms with Crippen LogP contribution in [0, 0.1) is 0 Å². The minimum Gasteiger partial charge on any atom is -0.367 e. The fourth-order valence-corrected chi connectivity index (χ4v) is 2.66. The molecule has 0 aliphatic carbocycles. The number of nitrogens with zero attached hydrogens (tertiary/aromatic N) is 1. The van der Waals surface area contributed by atoms with E-state index in [0.29, 0.717) is 5.88 Å². The Morgan fingerprint density at radius 1 is 1.17 bits per heavy atom. The fourth-order valence-electron chi connectivity index (χ4n) is 2.34. The van der Waals surface area contributed by atoms with Gasteiger partial charge in [-0.25, -0.2) is 0 Å². The van der Waals surface area contributed by atoms with Gasteiger partial charge in [-0.15, -0.1) is 11.6 Å². The van der Waals surface area contributed by atoms with Crippen LogP contribution in [0.15, 0.2) is 24.3 Å². The number of benzene rings is 1. The maximum absolute atomic E-state index is 12.5. The van der Waals surface area contributed by atoms with Gasteiger partial charge in [0, 0.05) is 24.2 Å². The van der Waals surface area contributed by atoms with Crippen LogP contribution in [-0.4, -0.2) is 18.5 Å². The molecule has 1 heterocycles. The molecule has 1 unspecified atom stereocenters. The third-order valence-corrected chi connectivity index (χ3v) is 3.69. The molecule has 1 atom stereocenters. The third kappa shape index (κ3) is 2.91. The van der Waals surface area contributed by atoms with Gasteiger partial charge in [-0.3, -0.25) is 0 Å². The Bertz CT molecular complexity index is 388. The van der Waals surface area contributed by atoms with Crippen molar-refractivity contribution >= 4 is 17.3 Å². The normalized spacial score (nSPS) is 21.1. The molecular weight excluding hydrogens is 263 g/mol. The van der Waals surface area contributed by atoms with Crippen molar-refractivity contribution in [3.8, 4) is 0 Å². The van der Waals surface area contributed by atoms with Gasteiger partial charge in [0.25, 0.3) is 0 Å². The van der Waals surface area contributed by atoms with E-state index in [0.717, 1.165) is 43.6 Å². The van der Waals surface area contributed by atoms with Gasteiger partial charge in [0.05, 0.1) is 5.56 Å². The lowest BCUT2D eigenvalue weighted by atomic mass is 10.0. The molecule has 1 nitrogen and oxygen atoms in total. The average Bonchev–Trinajstić information content (AvgIpc) is 2.38. The highest BCUT2D eigenvalue weighted by Gasteiger charge is 2.30. The SMILES string of the molecule is FC(F)(F)c1ccc(N2CCCCC2CCl)cc1. The van der Waals surface area contributed by atoms with Crippen LogP contribution in [0.5, 0.6) is 0 Å². The zero-order valence-corrected chi connectivity index (χ0v) is 10.6. The van der Waals surface area contributed by atoms with Gasteiger partial charge in [-0.2, -0.15) is 13.2 Å². The second kappa shape index (κ2) is 5.39. The number of hydrogen-bond acceptors (Lipinski definition) is 1. The Labute approximate surface area is 110 Å². The van der Waals surface area contributed by atoms with Crippen molar-refractivity contribution < 1.29 is 13.2 Å². The lowest BCUT2D eigenvalue weighted by Crippen LogP contribution is -2.40. The zero-order chi connectivity index (χ0) is 13.2. The van der Waals surface area contributed by atoms with E-state index in [1.807, 2.05) is 0 Å². The van der Waals surface area contributed by atoms with Crippen LogP contribution in [0.25, 0.3) is 0 Å². The molecule has 0 spiro atoms. The van der Waals surface area contributed by atoms with Crippen molar-refractivity contribution in [3.63, 3.8) is 0 Å². The Hall–Kier alpha value is -0.900. The molecule has 0 radical (unpaired) electrons. The van der Waals surface area contributed by atoms with E-state index in [1.54, 1.807) is 0 Å². The van der Waals surface area contributed by atoms with Crippen molar-refractivity contribution in [1.82, 2.24) is 0 Å². The summed E-state index contributed by atoms with van der Waals surface area (Å²) in [5, 5.41) is 0. The first-order valence-electron chi connectivity index (χ1n) is 6.02. The first-order valence-corrected chi connectivity index (χ1v) is 6.55. The van der Waals surface area contributed by atoms with Gasteiger partial charge in [-0.05, 0) is 43.5 Å². The van der Waals surface area contributed by atoms with Gasteiger partial charge in [0.15, 0.2) is 0 Å². The van der Waals surface area contributed by atoms with Crippen molar-refractivity contribution in [2.24, 2.45) is 0 Å². The fraction of sp³-hybridized carbons (Fsp3) is 0.538. The first-order chi connectivity index (χ1) is 8.52. The molecule has 1 aliphatic rings. The third-order valence-electron chi connectivity index (χ3n) is 3.33. The number of piperidine rings is 1. The molecule has 0 saturated carbocycles. The van der Waals surface area contributed by atoms with E-state index < -0.39 is 11.7 Å². The van der Waals surface area contributed by atoms with Crippen LogP contribution in [0.3, 0.4) is 0 Å². The lowest BCUT2D eigenvalue weighted by Gasteiger charge is -2.36. The van der Waals surface area contributed by atoms with E-state index in [-0.39, 0.29) is 6.04 Å². The molecule has 18 heavy (non-hydrogen) atoms. The Balaban J connectivity index is 2.18. The summed E-state index contributed by atoms with van der Waals surface area (Å²) in [6.07, 6.45) is -1.07. The molecular formula is C13H15ClF3N. The van der Waals surface area contributed by atoms with Crippen LogP contribution in [0.1, 0.15) is 24.8 Å². The van der Waals surface area contributed by atoms with E-state index in [4.69, 9.17) is 11.6 Å². The molecule has 0 N–H and O–H groups in total. The van der Waals surface area contributed by atoms with Gasteiger partial charge in [-0.1, -0.05) is 0 Å². The van der Waals surface area contributed by atoms with Crippen molar-refractivity contribution in [2.45, 2.75) is 31.5 Å². The minimum atomic E-state index is -4.27. The Morgan fingerprint density at radius 2 is 1.83 bits per heavy atom. The zero-order valence-electron chi connectivity index (χ0n) is 9.88. The number of rotatable bonds is 2. The minimum absolute atomic E-state index is 0.233. The summed E-state index contributed by atoms with van der Waals surface area (Å²) >= 11 is 5.91. The predicted octanol–water partition coefficient (Wildman–Crippen LogP) is 4.30. The van der Waals surface area contributed by atoms with Gasteiger partial charge < -0.3 is 4.90 Å². The molecule has 0 amide bonds. The van der Waals surface area contributed by atoms with Crippen LogP contribution in [0.4, 0.5) is 18.9 Å². The lowest BCUT2D eigenvalue weighted by molar-refractivity contribution is -0.137. The molecule has 5 heteroatoms. The van der Waals surface area contributed by atoms with Crippen LogP contribution >= 0.6 is 11.6 Å². The van der Waals surface area contributed by atoms with E-state index in [1.165, 1.54) is 12.1 Å². The molecule has 1 aromatic carbocycles. The highest BCUT2D eigenvalue weighted by atomic mass is 35.5. The summed E-state index contributed by atoms with van der Waals surface area (Å²) in [4.78, 5) is 2.11. The van der Waals surface area contributed by atoms with Crippen molar-refractivity contribution in [2.75, 3.05) is 17.3 Å². The first kappa shape index (κ1) is 13.5. The van der Waals surface area contributed by atoms with Gasteiger partial charge in [0.2, 0.25) is 0 Å². The summed E-state index contributed by atoms with van der Waals surface area (Å²) in [6.45, 7) is 0.864. The number of halogens is 4. The maximum atomic E-state index is 12.5. The molecule has 2 rings (SSSR count). The van der Waals surface area contributed by atoms with Crippen LogP contribution in [-0.2, 0) is 6.18 Å². The van der Waals surface area contributed by atoms with Gasteiger partial charge in [0.1, 0.15) is 0 Å². The summed E-state index contributed by atoms with van der Waals surface area (Å²) < 4.78 is 37.4. The van der Waals surface area contributed by atoms with Crippen LogP contribution in [0.2, 0.25) is 0 Å². The average molecular weight is 278 g/mol. The van der Waals surface area contributed by atoms with E-state index in [2.05, 4.69) is 4.90 Å². The molecule has 1 aliphatic heterocycles. The smallest absolute Gasteiger partial charge is 0.367 e. The molecule has 1 fully saturated rings. The van der Waals surface area contributed by atoms with Crippen molar-refractivity contribution in [1.29, 1.82) is 0 Å². The summed E-state index contributed by atoms with van der Waals surface area (Å²) in [5.74, 6) is 0.515. The Kier molecular flexibility index (Phi) is 4.05. The molecule has 1 aromatic rings. The molecule has 100 valence electrons. The molecule has 1 saturated heterocycles. The second-order valence-corrected chi connectivity index (χ2v) is 4.85. The summed E-state index contributed by atoms with van der Waals surface area (Å²) in [5.41, 5.74) is 0.221. The number of hydrogen-bond donors (Lipinski definition) is 0. The highest BCUT2D eigenvalue weighted by Crippen LogP contribution is 2.32. The van der Waals surface area contributed by atoms with Gasteiger partial charge >= 0.3 is 6.18 Å². The monoisotopic (exact) mass is 277 g/mol. The second-order valence-electron chi connectivity index (χ2n) is 4.54. The Morgan fingerprint density at radius 3 is 2.39 bits per heavy atom. The predicted molar refractivity (Wildman–Crippen MR) is 67.1 cm³/mol. The van der Waals surface area contributed by atoms with E-state index in [9.17, 15) is 13.2 Å². The molecule has 0 aromatic heterocycles. The van der Waals surface area contributed by atoms with Crippen molar-refractivity contribution in [3.05, 3.63) is 29.8 Å². The van der Waals surface area contributed by atoms with E-state index >= 15 is 0 Å². The quantitative estimate of drug-likeness (QED) is 0.729. The summed E-state index contributed by atoms with van der Waals surface area (Å²) in [6, 6.07) is 5.57. The summed E-state index contributed by atoms with van der Waals surface area (Å²) in [7, 11) is 0. The topological polar surface area (TPSA) is 3.24 Å². The molecule has 0 bridgehead atoms. The largest absolute Gasteiger partial charge is 0.416 e. The standard InChI is InChI=1S/C13H15ClF3N/c14-9-12-3-1-2-8-18(12)11-6-4-10(5-7-11)13(15,16)17/h4-7,12H,1-3,8-9H2. The number of anilines is 1. The highest BCUT2D eigenvalue weighted by molar-refractivity contribution is 6.18.